The maximum absolute atomic E-state index is 12.1. The van der Waals surface area contributed by atoms with Crippen LogP contribution in [0.5, 0.6) is 0 Å². The molecule has 8 heteroatoms. The molecule has 0 atom stereocenters. The van der Waals surface area contributed by atoms with Gasteiger partial charge in [-0.3, -0.25) is 14.9 Å². The Morgan fingerprint density at radius 3 is 2.76 bits per heavy atom. The Morgan fingerprint density at radius 2 is 2.14 bits per heavy atom. The molecule has 0 fully saturated rings. The predicted molar refractivity (Wildman–Crippen MR) is 82.7 cm³/mol. The van der Waals surface area contributed by atoms with Crippen molar-refractivity contribution in [2.45, 2.75) is 6.92 Å². The number of aryl methyl sites for hydroxylation is 1. The number of nitrogens with zero attached hydrogens (tertiary/aromatic N) is 2. The quantitative estimate of drug-likeness (QED) is 0.503. The summed E-state index contributed by atoms with van der Waals surface area (Å²) in [6.07, 6.45) is 1.46. The molecule has 2 rings (SSSR count). The van der Waals surface area contributed by atoms with Crippen molar-refractivity contribution in [2.24, 2.45) is 0 Å². The van der Waals surface area contributed by atoms with E-state index in [-0.39, 0.29) is 16.3 Å². The number of amides is 1. The van der Waals surface area contributed by atoms with Gasteiger partial charge in [0.05, 0.1) is 16.8 Å². The predicted octanol–water partition coefficient (Wildman–Crippen LogP) is 3.97. The number of nitro benzene ring substituents is 1. The summed E-state index contributed by atoms with van der Waals surface area (Å²) in [5, 5.41) is 13.7. The van der Waals surface area contributed by atoms with Crippen molar-refractivity contribution in [3.05, 3.63) is 61.3 Å². The molecule has 0 unspecified atom stereocenters. The molecule has 2 aromatic rings. The lowest BCUT2D eigenvalue weighted by atomic mass is 10.1. The van der Waals surface area contributed by atoms with Gasteiger partial charge in [-0.1, -0.05) is 11.6 Å². The molecule has 0 saturated carbocycles. The molecule has 1 amide bonds. The number of hydrogen-bond donors (Lipinski definition) is 1. The molecule has 1 aromatic heterocycles. The minimum absolute atomic E-state index is 0.0648. The minimum atomic E-state index is -0.647. The largest absolute Gasteiger partial charge is 0.320 e. The van der Waals surface area contributed by atoms with E-state index in [0.29, 0.717) is 10.3 Å². The fourth-order valence-electron chi connectivity index (χ4n) is 1.67. The van der Waals surface area contributed by atoms with E-state index in [9.17, 15) is 14.9 Å². The second-order valence-electron chi connectivity index (χ2n) is 4.20. The van der Waals surface area contributed by atoms with Crippen molar-refractivity contribution < 1.29 is 9.72 Å². The van der Waals surface area contributed by atoms with Gasteiger partial charge in [0.2, 0.25) is 0 Å². The summed E-state index contributed by atoms with van der Waals surface area (Å²) in [4.78, 5) is 26.5. The first kappa shape index (κ1) is 15.4. The lowest BCUT2D eigenvalue weighted by molar-refractivity contribution is -0.385. The molecule has 0 saturated heterocycles. The monoisotopic (exact) mass is 369 g/mol. The second-order valence-corrected chi connectivity index (χ2v) is 5.39. The number of rotatable bonds is 3. The van der Waals surface area contributed by atoms with Crippen LogP contribution in [0.1, 0.15) is 15.9 Å². The number of carbonyl (C=O) groups excluding carboxylic acids is 1. The molecule has 0 aliphatic rings. The van der Waals surface area contributed by atoms with Gasteiger partial charge in [-0.25, -0.2) is 4.98 Å². The van der Waals surface area contributed by atoms with Crippen LogP contribution >= 0.6 is 27.5 Å². The van der Waals surface area contributed by atoms with E-state index < -0.39 is 10.8 Å². The van der Waals surface area contributed by atoms with Crippen molar-refractivity contribution in [2.75, 3.05) is 5.32 Å². The zero-order valence-electron chi connectivity index (χ0n) is 10.8. The van der Waals surface area contributed by atoms with Crippen molar-refractivity contribution in [3.8, 4) is 0 Å². The van der Waals surface area contributed by atoms with Gasteiger partial charge in [-0.05, 0) is 46.6 Å². The molecule has 0 spiro atoms. The number of hydrogen-bond acceptors (Lipinski definition) is 4. The highest BCUT2D eigenvalue weighted by molar-refractivity contribution is 9.10. The first-order valence-corrected chi connectivity index (χ1v) is 6.93. The topological polar surface area (TPSA) is 85.1 Å². The molecule has 0 aliphatic carbocycles. The molecule has 0 aliphatic heterocycles. The van der Waals surface area contributed by atoms with Crippen LogP contribution in [-0.2, 0) is 0 Å². The summed E-state index contributed by atoms with van der Waals surface area (Å²) < 4.78 is 0.665. The van der Waals surface area contributed by atoms with Crippen molar-refractivity contribution in [3.63, 3.8) is 0 Å². The van der Waals surface area contributed by atoms with Gasteiger partial charge in [-0.15, -0.1) is 0 Å². The molecule has 6 nitrogen and oxygen atoms in total. The van der Waals surface area contributed by atoms with Crippen molar-refractivity contribution in [1.29, 1.82) is 0 Å². The summed E-state index contributed by atoms with van der Waals surface area (Å²) in [5.74, 6) is -0.595. The third-order valence-electron chi connectivity index (χ3n) is 2.67. The fourth-order valence-corrected chi connectivity index (χ4v) is 2.06. The van der Waals surface area contributed by atoms with E-state index in [2.05, 4.69) is 26.2 Å². The van der Waals surface area contributed by atoms with Gasteiger partial charge >= 0.3 is 0 Å². The Kier molecular flexibility index (Phi) is 4.54. The molecule has 1 heterocycles. The van der Waals surface area contributed by atoms with Crippen LogP contribution in [-0.4, -0.2) is 15.8 Å². The van der Waals surface area contributed by atoms with Crippen molar-refractivity contribution >= 4 is 44.8 Å². The maximum Gasteiger partial charge on any atom is 0.283 e. The highest BCUT2D eigenvalue weighted by Gasteiger charge is 2.20. The Balaban J connectivity index is 2.32. The van der Waals surface area contributed by atoms with Crippen LogP contribution in [0.3, 0.4) is 0 Å². The number of carbonyl (C=O) groups is 1. The van der Waals surface area contributed by atoms with E-state index in [1.165, 1.54) is 18.3 Å². The van der Waals surface area contributed by atoms with E-state index in [0.717, 1.165) is 11.6 Å². The average molecular weight is 371 g/mol. The number of benzene rings is 1. The van der Waals surface area contributed by atoms with E-state index in [4.69, 9.17) is 11.6 Å². The minimum Gasteiger partial charge on any atom is -0.320 e. The Hall–Kier alpha value is -1.99. The van der Waals surface area contributed by atoms with E-state index in [1.807, 2.05) is 6.92 Å². The van der Waals surface area contributed by atoms with E-state index >= 15 is 0 Å². The summed E-state index contributed by atoms with van der Waals surface area (Å²) in [5.41, 5.74) is 0.870. The van der Waals surface area contributed by atoms with Gasteiger partial charge < -0.3 is 5.32 Å². The SMILES string of the molecule is Cc1cc(NC(=O)c2ccc(Cl)cc2[N+](=O)[O-])cnc1Br. The summed E-state index contributed by atoms with van der Waals surface area (Å²) in [6, 6.07) is 5.59. The van der Waals surface area contributed by atoms with Crippen molar-refractivity contribution in [1.82, 2.24) is 4.98 Å². The van der Waals surface area contributed by atoms with Crippen LogP contribution in [0, 0.1) is 17.0 Å². The summed E-state index contributed by atoms with van der Waals surface area (Å²) in [7, 11) is 0. The third kappa shape index (κ3) is 3.56. The molecular formula is C13H9BrClN3O3. The molecule has 108 valence electrons. The highest BCUT2D eigenvalue weighted by Crippen LogP contribution is 2.24. The lowest BCUT2D eigenvalue weighted by Crippen LogP contribution is -2.14. The Bertz CT molecular complexity index is 737. The Morgan fingerprint density at radius 1 is 1.43 bits per heavy atom. The zero-order valence-corrected chi connectivity index (χ0v) is 13.1. The first-order chi connectivity index (χ1) is 9.88. The van der Waals surface area contributed by atoms with Crippen LogP contribution < -0.4 is 5.32 Å². The molecule has 21 heavy (non-hydrogen) atoms. The van der Waals surface area contributed by atoms with Gasteiger partial charge in [0, 0.05) is 11.1 Å². The number of nitro groups is 1. The van der Waals surface area contributed by atoms with Gasteiger partial charge in [0.25, 0.3) is 11.6 Å². The second kappa shape index (κ2) is 6.19. The normalized spacial score (nSPS) is 10.2. The molecule has 0 bridgehead atoms. The number of nitrogens with one attached hydrogen (secondary N) is 1. The maximum atomic E-state index is 12.1. The summed E-state index contributed by atoms with van der Waals surface area (Å²) in [6.45, 7) is 1.82. The Labute approximate surface area is 133 Å². The standard InChI is InChI=1S/C13H9BrClN3O3/c1-7-4-9(6-16-12(7)14)17-13(19)10-3-2-8(15)5-11(10)18(20)21/h2-6H,1H3,(H,17,19). The first-order valence-electron chi connectivity index (χ1n) is 5.76. The number of aromatic nitrogens is 1. The molecule has 1 N–H and O–H groups in total. The van der Waals surface area contributed by atoms with Crippen LogP contribution in [0.25, 0.3) is 0 Å². The van der Waals surface area contributed by atoms with Crippen LogP contribution in [0.2, 0.25) is 5.02 Å². The molecular weight excluding hydrogens is 362 g/mol. The van der Waals surface area contributed by atoms with E-state index in [1.54, 1.807) is 6.07 Å². The number of anilines is 1. The van der Waals surface area contributed by atoms with Gasteiger partial charge in [0.1, 0.15) is 10.2 Å². The smallest absolute Gasteiger partial charge is 0.283 e. The van der Waals surface area contributed by atoms with Gasteiger partial charge in [-0.2, -0.15) is 0 Å². The average Bonchev–Trinajstić information content (AvgIpc) is 2.42. The summed E-state index contributed by atoms with van der Waals surface area (Å²) >= 11 is 8.96. The zero-order chi connectivity index (χ0) is 15.6. The number of halogens is 2. The third-order valence-corrected chi connectivity index (χ3v) is 3.74. The molecule has 1 aromatic carbocycles. The van der Waals surface area contributed by atoms with Crippen LogP contribution in [0.4, 0.5) is 11.4 Å². The molecule has 0 radical (unpaired) electrons. The lowest BCUT2D eigenvalue weighted by Gasteiger charge is -2.07. The fraction of sp³-hybridized carbons (Fsp3) is 0.0769. The highest BCUT2D eigenvalue weighted by atomic mass is 79.9. The van der Waals surface area contributed by atoms with Crippen LogP contribution in [0.15, 0.2) is 35.1 Å². The van der Waals surface area contributed by atoms with Gasteiger partial charge in [0.15, 0.2) is 0 Å². The number of pyridine rings is 1.